The lowest BCUT2D eigenvalue weighted by Crippen LogP contribution is -2.44. The van der Waals surface area contributed by atoms with Crippen molar-refractivity contribution in [1.29, 1.82) is 5.26 Å². The minimum atomic E-state index is 0.145. The second-order valence-electron chi connectivity index (χ2n) is 4.64. The van der Waals surface area contributed by atoms with Crippen molar-refractivity contribution in [2.24, 2.45) is 5.92 Å². The van der Waals surface area contributed by atoms with Gasteiger partial charge in [0, 0.05) is 12.1 Å². The molecule has 3 unspecified atom stereocenters. The molecule has 0 radical (unpaired) electrons. The number of aliphatic hydroxyl groups excluding tert-OH is 1. The first-order valence-electron chi connectivity index (χ1n) is 5.93. The summed E-state index contributed by atoms with van der Waals surface area (Å²) in [6.07, 6.45) is 5.75. The van der Waals surface area contributed by atoms with Crippen LogP contribution in [0.25, 0.3) is 0 Å². The molecule has 86 valence electrons. The molecule has 0 bridgehead atoms. The molecule has 0 amide bonds. The van der Waals surface area contributed by atoms with E-state index in [2.05, 4.69) is 11.0 Å². The van der Waals surface area contributed by atoms with Gasteiger partial charge in [-0.2, -0.15) is 5.26 Å². The highest BCUT2D eigenvalue weighted by Gasteiger charge is 2.28. The van der Waals surface area contributed by atoms with Gasteiger partial charge in [-0.3, -0.25) is 4.90 Å². The number of rotatable bonds is 3. The Morgan fingerprint density at radius 2 is 2.07 bits per heavy atom. The minimum Gasteiger partial charge on any atom is -0.395 e. The normalized spacial score (nSPS) is 29.5. The lowest BCUT2D eigenvalue weighted by atomic mass is 9.94. The second kappa shape index (κ2) is 6.09. The van der Waals surface area contributed by atoms with E-state index >= 15 is 0 Å². The van der Waals surface area contributed by atoms with Crippen molar-refractivity contribution in [1.82, 2.24) is 4.90 Å². The third kappa shape index (κ3) is 3.19. The summed E-state index contributed by atoms with van der Waals surface area (Å²) < 4.78 is 0. The van der Waals surface area contributed by atoms with E-state index in [4.69, 9.17) is 10.4 Å². The lowest BCUT2D eigenvalue weighted by molar-refractivity contribution is 0.0969. The molecule has 1 aliphatic rings. The van der Waals surface area contributed by atoms with Gasteiger partial charge >= 0.3 is 0 Å². The molecule has 0 aromatic rings. The monoisotopic (exact) mass is 210 g/mol. The molecular weight excluding hydrogens is 188 g/mol. The zero-order valence-corrected chi connectivity index (χ0v) is 9.82. The third-order valence-electron chi connectivity index (χ3n) is 3.63. The molecule has 1 saturated carbocycles. The van der Waals surface area contributed by atoms with Gasteiger partial charge < -0.3 is 5.11 Å². The fourth-order valence-electron chi connectivity index (χ4n) is 2.38. The Balaban J connectivity index is 2.66. The zero-order valence-electron chi connectivity index (χ0n) is 9.82. The molecule has 15 heavy (non-hydrogen) atoms. The van der Waals surface area contributed by atoms with E-state index in [1.165, 1.54) is 19.3 Å². The van der Waals surface area contributed by atoms with Crippen molar-refractivity contribution in [3.63, 3.8) is 0 Å². The minimum absolute atomic E-state index is 0.145. The SMILES string of the molecule is CC(CO)N(C)C1CCCCCC1C#N. The van der Waals surface area contributed by atoms with Gasteiger partial charge in [-0.1, -0.05) is 19.3 Å². The van der Waals surface area contributed by atoms with E-state index < -0.39 is 0 Å². The number of hydrogen-bond acceptors (Lipinski definition) is 3. The molecule has 3 nitrogen and oxygen atoms in total. The molecule has 0 saturated heterocycles. The predicted octanol–water partition coefficient (Wildman–Crippen LogP) is 1.77. The molecular formula is C12H22N2O. The Morgan fingerprint density at radius 1 is 1.40 bits per heavy atom. The maximum Gasteiger partial charge on any atom is 0.0672 e. The van der Waals surface area contributed by atoms with Gasteiger partial charge in [0.05, 0.1) is 18.6 Å². The maximum atomic E-state index is 9.15. The molecule has 0 aromatic carbocycles. The predicted molar refractivity (Wildman–Crippen MR) is 60.3 cm³/mol. The Labute approximate surface area is 92.7 Å². The van der Waals surface area contributed by atoms with Crippen molar-refractivity contribution in [2.75, 3.05) is 13.7 Å². The molecule has 0 spiro atoms. The summed E-state index contributed by atoms with van der Waals surface area (Å²) in [6, 6.07) is 2.92. The molecule has 0 heterocycles. The van der Waals surface area contributed by atoms with Crippen LogP contribution in [-0.2, 0) is 0 Å². The molecule has 1 aliphatic carbocycles. The summed E-state index contributed by atoms with van der Waals surface area (Å²) in [7, 11) is 2.03. The molecule has 3 atom stereocenters. The Hall–Kier alpha value is -0.590. The zero-order chi connectivity index (χ0) is 11.3. The first-order chi connectivity index (χ1) is 7.20. The van der Waals surface area contributed by atoms with Gasteiger partial charge in [-0.15, -0.1) is 0 Å². The van der Waals surface area contributed by atoms with Gasteiger partial charge in [0.15, 0.2) is 0 Å². The molecule has 1 N–H and O–H groups in total. The Bertz CT molecular complexity index is 224. The van der Waals surface area contributed by atoms with Crippen molar-refractivity contribution in [3.8, 4) is 6.07 Å². The van der Waals surface area contributed by atoms with Gasteiger partial charge in [0.25, 0.3) is 0 Å². The summed E-state index contributed by atoms with van der Waals surface area (Å²) >= 11 is 0. The van der Waals surface area contributed by atoms with Crippen molar-refractivity contribution < 1.29 is 5.11 Å². The first kappa shape index (κ1) is 12.5. The molecule has 1 rings (SSSR count). The molecule has 3 heteroatoms. The van der Waals surface area contributed by atoms with Crippen molar-refractivity contribution in [2.45, 2.75) is 51.1 Å². The first-order valence-corrected chi connectivity index (χ1v) is 5.93. The van der Waals surface area contributed by atoms with E-state index in [-0.39, 0.29) is 18.6 Å². The molecule has 0 aromatic heterocycles. The fraction of sp³-hybridized carbons (Fsp3) is 0.917. The van der Waals surface area contributed by atoms with Crippen LogP contribution in [0.1, 0.15) is 39.0 Å². The van der Waals surface area contributed by atoms with Crippen LogP contribution >= 0.6 is 0 Å². The average Bonchev–Trinajstić information content (AvgIpc) is 2.51. The standard InChI is InChI=1S/C12H22N2O/c1-10(9-15)14(2)12-7-5-3-4-6-11(12)8-13/h10-12,15H,3-7,9H2,1-2H3. The van der Waals surface area contributed by atoms with Crippen LogP contribution in [0.5, 0.6) is 0 Å². The van der Waals surface area contributed by atoms with Crippen LogP contribution in [0.15, 0.2) is 0 Å². The smallest absolute Gasteiger partial charge is 0.0672 e. The second-order valence-corrected chi connectivity index (χ2v) is 4.64. The number of aliphatic hydroxyl groups is 1. The van der Waals surface area contributed by atoms with E-state index in [1.807, 2.05) is 14.0 Å². The molecule has 1 fully saturated rings. The van der Waals surface area contributed by atoms with Crippen LogP contribution in [0, 0.1) is 17.2 Å². The number of likely N-dealkylation sites (N-methyl/N-ethyl adjacent to an activating group) is 1. The van der Waals surface area contributed by atoms with E-state index in [0.717, 1.165) is 12.8 Å². The van der Waals surface area contributed by atoms with Gasteiger partial charge in [0.1, 0.15) is 0 Å². The topological polar surface area (TPSA) is 47.3 Å². The Kier molecular flexibility index (Phi) is 5.07. The van der Waals surface area contributed by atoms with Crippen LogP contribution in [-0.4, -0.2) is 35.7 Å². The molecule has 0 aliphatic heterocycles. The van der Waals surface area contributed by atoms with E-state index in [9.17, 15) is 0 Å². The van der Waals surface area contributed by atoms with Crippen LogP contribution in [0.4, 0.5) is 0 Å². The largest absolute Gasteiger partial charge is 0.395 e. The lowest BCUT2D eigenvalue weighted by Gasteiger charge is -2.34. The highest BCUT2D eigenvalue weighted by molar-refractivity contribution is 4.94. The van der Waals surface area contributed by atoms with Crippen molar-refractivity contribution >= 4 is 0 Å². The summed E-state index contributed by atoms with van der Waals surface area (Å²) in [5.41, 5.74) is 0. The van der Waals surface area contributed by atoms with Crippen LogP contribution in [0.3, 0.4) is 0 Å². The van der Waals surface area contributed by atoms with Crippen molar-refractivity contribution in [3.05, 3.63) is 0 Å². The summed E-state index contributed by atoms with van der Waals surface area (Å²) in [5, 5.41) is 18.3. The van der Waals surface area contributed by atoms with Crippen LogP contribution in [0.2, 0.25) is 0 Å². The number of nitriles is 1. The highest BCUT2D eigenvalue weighted by Crippen LogP contribution is 2.27. The Morgan fingerprint density at radius 3 is 2.67 bits per heavy atom. The summed E-state index contributed by atoms with van der Waals surface area (Å²) in [5.74, 6) is 0.145. The maximum absolute atomic E-state index is 9.15. The third-order valence-corrected chi connectivity index (χ3v) is 3.63. The van der Waals surface area contributed by atoms with Gasteiger partial charge in [0.2, 0.25) is 0 Å². The fourth-order valence-corrected chi connectivity index (χ4v) is 2.38. The van der Waals surface area contributed by atoms with E-state index in [1.54, 1.807) is 0 Å². The van der Waals surface area contributed by atoms with Crippen LogP contribution < -0.4 is 0 Å². The average molecular weight is 210 g/mol. The van der Waals surface area contributed by atoms with E-state index in [0.29, 0.717) is 6.04 Å². The quantitative estimate of drug-likeness (QED) is 0.722. The van der Waals surface area contributed by atoms with Gasteiger partial charge in [-0.05, 0) is 26.8 Å². The van der Waals surface area contributed by atoms with Gasteiger partial charge in [-0.25, -0.2) is 0 Å². The summed E-state index contributed by atoms with van der Waals surface area (Å²) in [4.78, 5) is 2.18. The number of nitrogens with zero attached hydrogens (tertiary/aromatic N) is 2. The highest BCUT2D eigenvalue weighted by atomic mass is 16.3. The number of hydrogen-bond donors (Lipinski definition) is 1. The summed E-state index contributed by atoms with van der Waals surface area (Å²) in [6.45, 7) is 2.18.